The summed E-state index contributed by atoms with van der Waals surface area (Å²) in [6.45, 7) is 5.37. The molecule has 0 radical (unpaired) electrons. The Morgan fingerprint density at radius 2 is 1.79 bits per heavy atom. The number of nitrogens with one attached hydrogen (secondary N) is 4. The van der Waals surface area contributed by atoms with Crippen LogP contribution in [0.15, 0.2) is 42.5 Å². The number of amidine groups is 1. The number of nitrogens with two attached hydrogens (primary N) is 1. The van der Waals surface area contributed by atoms with Gasteiger partial charge >= 0.3 is 5.97 Å². The fraction of sp³-hybridized carbons (Fsp3) is 0.391. The van der Waals surface area contributed by atoms with E-state index in [1.165, 1.54) is 6.92 Å². The van der Waals surface area contributed by atoms with Crippen LogP contribution in [-0.4, -0.2) is 32.6 Å². The Balaban J connectivity index is 0.00000578. The van der Waals surface area contributed by atoms with Crippen molar-refractivity contribution in [2.24, 2.45) is 5.73 Å². The molecule has 2 rings (SSSR count). The maximum Gasteiger partial charge on any atom is 0.302 e. The second-order valence-electron chi connectivity index (χ2n) is 7.71. The fourth-order valence-electron chi connectivity index (χ4n) is 3.09. The largest absolute Gasteiger partial charge is 0.463 e. The Hall–Kier alpha value is -2.82. The lowest BCUT2D eigenvalue weighted by atomic mass is 10.0. The summed E-state index contributed by atoms with van der Waals surface area (Å²) < 4.78 is 29.6. The number of aryl methyl sites for hydroxylation is 1. The number of hydrogen-bond donors (Lipinski definition) is 5. The van der Waals surface area contributed by atoms with Crippen molar-refractivity contribution in [3.63, 3.8) is 0 Å². The van der Waals surface area contributed by atoms with Crippen molar-refractivity contribution in [2.75, 3.05) is 23.1 Å². The monoisotopic (exact) mass is 511 g/mol. The molecule has 34 heavy (non-hydrogen) atoms. The third-order valence-electron chi connectivity index (χ3n) is 4.93. The highest BCUT2D eigenvalue weighted by atomic mass is 35.5. The number of rotatable bonds is 13. The summed E-state index contributed by atoms with van der Waals surface area (Å²) in [6.07, 6.45) is 2.10. The summed E-state index contributed by atoms with van der Waals surface area (Å²) in [5, 5.41) is 10.9. The van der Waals surface area contributed by atoms with Crippen molar-refractivity contribution in [3.8, 4) is 0 Å². The van der Waals surface area contributed by atoms with Gasteiger partial charge in [0.05, 0.1) is 17.5 Å². The molecule has 188 valence electrons. The van der Waals surface area contributed by atoms with Gasteiger partial charge in [-0.3, -0.25) is 10.2 Å². The molecule has 1 unspecified atom stereocenters. The number of sulfonamides is 1. The zero-order valence-electron chi connectivity index (χ0n) is 19.7. The van der Waals surface area contributed by atoms with Gasteiger partial charge in [0.25, 0.3) is 0 Å². The Morgan fingerprint density at radius 3 is 2.35 bits per heavy atom. The molecule has 0 heterocycles. The molecular weight excluding hydrogens is 478 g/mol. The predicted molar refractivity (Wildman–Crippen MR) is 139 cm³/mol. The number of ether oxygens (including phenoxy) is 1. The predicted octanol–water partition coefficient (Wildman–Crippen LogP) is 3.72. The first-order valence-corrected chi connectivity index (χ1v) is 12.5. The van der Waals surface area contributed by atoms with Crippen molar-refractivity contribution in [2.45, 2.75) is 46.1 Å². The van der Waals surface area contributed by atoms with Gasteiger partial charge in [0.1, 0.15) is 12.4 Å². The second kappa shape index (κ2) is 13.8. The van der Waals surface area contributed by atoms with Crippen LogP contribution < -0.4 is 21.3 Å². The Labute approximate surface area is 207 Å². The van der Waals surface area contributed by atoms with Crippen LogP contribution in [0.1, 0.15) is 56.3 Å². The number of hydrazine groups is 1. The third-order valence-corrected chi connectivity index (χ3v) is 6.17. The van der Waals surface area contributed by atoms with Crippen molar-refractivity contribution >= 4 is 45.6 Å². The van der Waals surface area contributed by atoms with Crippen molar-refractivity contribution < 1.29 is 17.9 Å². The number of anilines is 2. The number of hydrogen-bond acceptors (Lipinski definition) is 7. The molecular formula is C23H34ClN5O4S. The van der Waals surface area contributed by atoms with E-state index in [0.717, 1.165) is 29.7 Å². The lowest BCUT2D eigenvalue weighted by Gasteiger charge is -2.22. The standard InChI is InChI=1S/C23H33N5O4S.ClH/c1-4-6-11-33(30,31)28-27-21-13-17(5-2)12-19(14-21)22(15-32-16(3)29)26-20-9-7-18(8-10-20)23(24)25;/h7-10,12-14,22,26-28H,4-6,11,15H2,1-3H3,(H3,24,25);1H. The van der Waals surface area contributed by atoms with Gasteiger partial charge < -0.3 is 21.2 Å². The Morgan fingerprint density at radius 1 is 1.12 bits per heavy atom. The van der Waals surface area contributed by atoms with Crippen molar-refractivity contribution in [1.82, 2.24) is 4.83 Å². The molecule has 0 aromatic heterocycles. The van der Waals surface area contributed by atoms with E-state index in [2.05, 4.69) is 15.6 Å². The van der Waals surface area contributed by atoms with Crippen LogP contribution >= 0.6 is 12.4 Å². The topological polar surface area (TPSA) is 146 Å². The first-order chi connectivity index (χ1) is 15.6. The zero-order chi connectivity index (χ0) is 24.4. The van der Waals surface area contributed by atoms with Crippen LogP contribution in [0.3, 0.4) is 0 Å². The van der Waals surface area contributed by atoms with Gasteiger partial charge in [0, 0.05) is 18.2 Å². The van der Waals surface area contributed by atoms with Crippen LogP contribution in [0.2, 0.25) is 0 Å². The summed E-state index contributed by atoms with van der Waals surface area (Å²) in [5.41, 5.74) is 12.1. The summed E-state index contributed by atoms with van der Waals surface area (Å²) in [5.74, 6) is -0.378. The normalized spacial score (nSPS) is 11.7. The number of carbonyl (C=O) groups is 1. The fourth-order valence-corrected chi connectivity index (χ4v) is 4.13. The smallest absolute Gasteiger partial charge is 0.302 e. The van der Waals surface area contributed by atoms with Crippen LogP contribution in [-0.2, 0) is 26.0 Å². The molecule has 11 heteroatoms. The Kier molecular flexibility index (Phi) is 11.8. The van der Waals surface area contributed by atoms with Gasteiger partial charge in [0.2, 0.25) is 10.0 Å². The molecule has 0 aliphatic carbocycles. The van der Waals surface area contributed by atoms with Crippen LogP contribution in [0, 0.1) is 5.41 Å². The molecule has 1 atom stereocenters. The molecule has 2 aromatic carbocycles. The van der Waals surface area contributed by atoms with Crippen molar-refractivity contribution in [1.29, 1.82) is 5.41 Å². The number of unbranched alkanes of at least 4 members (excludes halogenated alkanes) is 1. The molecule has 6 N–H and O–H groups in total. The van der Waals surface area contributed by atoms with Gasteiger partial charge in [-0.2, -0.15) is 0 Å². The number of halogens is 1. The highest BCUT2D eigenvalue weighted by Crippen LogP contribution is 2.25. The second-order valence-corrected chi connectivity index (χ2v) is 9.55. The third kappa shape index (κ3) is 9.58. The van der Waals surface area contributed by atoms with E-state index >= 15 is 0 Å². The number of esters is 1. The molecule has 0 aliphatic rings. The molecule has 0 saturated heterocycles. The SMILES string of the molecule is CCCCS(=O)(=O)NNc1cc(CC)cc(C(COC(C)=O)Nc2ccc(C(=N)N)cc2)c1.Cl. The maximum absolute atomic E-state index is 12.2. The lowest BCUT2D eigenvalue weighted by molar-refractivity contribution is -0.141. The highest BCUT2D eigenvalue weighted by molar-refractivity contribution is 7.89. The van der Waals surface area contributed by atoms with E-state index in [1.54, 1.807) is 24.3 Å². The van der Waals surface area contributed by atoms with Crippen molar-refractivity contribution in [3.05, 3.63) is 59.2 Å². The average Bonchev–Trinajstić information content (AvgIpc) is 2.79. The van der Waals surface area contributed by atoms with Gasteiger partial charge in [-0.15, -0.1) is 17.2 Å². The summed E-state index contributed by atoms with van der Waals surface area (Å²) in [6, 6.07) is 12.3. The lowest BCUT2D eigenvalue weighted by Crippen LogP contribution is -2.31. The number of carbonyl (C=O) groups excluding carboxylic acids is 1. The summed E-state index contributed by atoms with van der Waals surface area (Å²) in [7, 11) is -3.45. The van der Waals surface area contributed by atoms with E-state index < -0.39 is 16.0 Å². The molecule has 0 bridgehead atoms. The first kappa shape index (κ1) is 29.2. The van der Waals surface area contributed by atoms with E-state index in [4.69, 9.17) is 15.9 Å². The quantitative estimate of drug-likeness (QED) is 0.119. The molecule has 0 fully saturated rings. The Bertz CT molecular complexity index is 1060. The molecule has 0 aliphatic heterocycles. The van der Waals surface area contributed by atoms with Gasteiger partial charge in [-0.1, -0.05) is 26.3 Å². The molecule has 9 nitrogen and oxygen atoms in total. The minimum atomic E-state index is -3.45. The van der Waals surface area contributed by atoms with E-state index in [1.807, 2.05) is 32.0 Å². The molecule has 2 aromatic rings. The average molecular weight is 512 g/mol. The zero-order valence-corrected chi connectivity index (χ0v) is 21.3. The van der Waals surface area contributed by atoms with Gasteiger partial charge in [-0.25, -0.2) is 8.42 Å². The molecule has 0 saturated carbocycles. The van der Waals surface area contributed by atoms with E-state index in [9.17, 15) is 13.2 Å². The highest BCUT2D eigenvalue weighted by Gasteiger charge is 2.16. The minimum absolute atomic E-state index is 0. The van der Waals surface area contributed by atoms with Crippen LogP contribution in [0.4, 0.5) is 11.4 Å². The van der Waals surface area contributed by atoms with E-state index in [-0.39, 0.29) is 36.6 Å². The van der Waals surface area contributed by atoms with Gasteiger partial charge in [0.15, 0.2) is 0 Å². The minimum Gasteiger partial charge on any atom is -0.463 e. The molecule has 0 spiro atoms. The van der Waals surface area contributed by atoms with Crippen LogP contribution in [0.25, 0.3) is 0 Å². The summed E-state index contributed by atoms with van der Waals surface area (Å²) in [4.78, 5) is 13.9. The molecule has 0 amide bonds. The number of nitrogen functional groups attached to an aromatic ring is 1. The maximum atomic E-state index is 12.2. The first-order valence-electron chi connectivity index (χ1n) is 10.9. The van der Waals surface area contributed by atoms with E-state index in [0.29, 0.717) is 17.7 Å². The van der Waals surface area contributed by atoms with Crippen LogP contribution in [0.5, 0.6) is 0 Å². The summed E-state index contributed by atoms with van der Waals surface area (Å²) >= 11 is 0. The number of benzene rings is 2. The van der Waals surface area contributed by atoms with Gasteiger partial charge in [-0.05, 0) is 60.4 Å².